The molecule has 1 aromatic heterocycles. The first-order chi connectivity index (χ1) is 10.4. The fourth-order valence-corrected chi connectivity index (χ4v) is 3.29. The summed E-state index contributed by atoms with van der Waals surface area (Å²) in [7, 11) is 0. The summed E-state index contributed by atoms with van der Waals surface area (Å²) in [5, 5.41) is 10.2. The normalized spacial score (nSPS) is 13.6. The number of hydrogen-bond acceptors (Lipinski definition) is 4. The van der Waals surface area contributed by atoms with Gasteiger partial charge in [0, 0.05) is 23.8 Å². The van der Waals surface area contributed by atoms with Crippen LogP contribution < -0.4 is 4.90 Å². The predicted molar refractivity (Wildman–Crippen MR) is 86.7 cm³/mol. The van der Waals surface area contributed by atoms with Crippen LogP contribution in [-0.4, -0.2) is 10.7 Å². The van der Waals surface area contributed by atoms with Gasteiger partial charge in [-0.05, 0) is 42.3 Å². The van der Waals surface area contributed by atoms with Gasteiger partial charge < -0.3 is 4.90 Å². The third-order valence-electron chi connectivity index (χ3n) is 3.32. The summed E-state index contributed by atoms with van der Waals surface area (Å²) >= 11 is 1.88. The molecule has 0 unspecified atom stereocenters. The van der Waals surface area contributed by atoms with Crippen LogP contribution in [-0.2, 0) is 6.54 Å². The summed E-state index contributed by atoms with van der Waals surface area (Å²) in [6.45, 7) is 0.790. The monoisotopic (exact) mass is 293 g/mol. The minimum absolute atomic E-state index is 0.688. The minimum Gasteiger partial charge on any atom is -0.332 e. The molecule has 0 bridgehead atoms. The molecule has 3 rings (SSSR count). The number of pyridine rings is 1. The number of allylic oxidation sites excluding steroid dienone is 1. The zero-order valence-electron chi connectivity index (χ0n) is 11.6. The molecule has 0 fully saturated rings. The minimum atomic E-state index is 0.688. The standard InChI is InChI=1S/C17H15N3S/c18-11-14-5-7-16(8-6-14)20(17-4-2-10-21-17)13-15-3-1-9-19-12-15/h1,3-9,12H,2,10,13H2. The third kappa shape index (κ3) is 3.26. The number of hydrogen-bond donors (Lipinski definition) is 0. The van der Waals surface area contributed by atoms with E-state index >= 15 is 0 Å². The maximum Gasteiger partial charge on any atom is 0.0991 e. The molecule has 3 nitrogen and oxygen atoms in total. The number of benzene rings is 1. The molecule has 0 saturated carbocycles. The Balaban J connectivity index is 1.90. The van der Waals surface area contributed by atoms with Crippen LogP contribution in [0, 0.1) is 11.3 Å². The summed E-state index contributed by atoms with van der Waals surface area (Å²) < 4.78 is 0. The second-order valence-corrected chi connectivity index (χ2v) is 5.90. The van der Waals surface area contributed by atoms with Gasteiger partial charge in [-0.15, -0.1) is 11.8 Å². The highest BCUT2D eigenvalue weighted by molar-refractivity contribution is 8.03. The van der Waals surface area contributed by atoms with Gasteiger partial charge in [-0.25, -0.2) is 0 Å². The molecule has 21 heavy (non-hydrogen) atoms. The predicted octanol–water partition coefficient (Wildman–Crippen LogP) is 3.94. The summed E-state index contributed by atoms with van der Waals surface area (Å²) in [4.78, 5) is 6.48. The summed E-state index contributed by atoms with van der Waals surface area (Å²) in [6.07, 6.45) is 7.08. The molecular weight excluding hydrogens is 278 g/mol. The van der Waals surface area contributed by atoms with Crippen molar-refractivity contribution in [3.05, 3.63) is 71.0 Å². The Hall–Kier alpha value is -2.25. The van der Waals surface area contributed by atoms with E-state index in [4.69, 9.17) is 5.26 Å². The average molecular weight is 293 g/mol. The van der Waals surface area contributed by atoms with Crippen molar-refractivity contribution in [2.24, 2.45) is 0 Å². The van der Waals surface area contributed by atoms with E-state index in [1.807, 2.05) is 48.3 Å². The van der Waals surface area contributed by atoms with Gasteiger partial charge in [0.05, 0.1) is 23.2 Å². The van der Waals surface area contributed by atoms with Crippen molar-refractivity contribution in [2.45, 2.75) is 13.0 Å². The highest BCUT2D eigenvalue weighted by Gasteiger charge is 2.16. The number of nitrogens with zero attached hydrogens (tertiary/aromatic N) is 3. The van der Waals surface area contributed by atoms with E-state index in [9.17, 15) is 0 Å². The Morgan fingerprint density at radius 1 is 1.24 bits per heavy atom. The molecule has 0 spiro atoms. The summed E-state index contributed by atoms with van der Waals surface area (Å²) in [6, 6.07) is 14.0. The van der Waals surface area contributed by atoms with Crippen molar-refractivity contribution in [3.63, 3.8) is 0 Å². The molecule has 0 aliphatic carbocycles. The maximum absolute atomic E-state index is 8.93. The lowest BCUT2D eigenvalue weighted by Crippen LogP contribution is -2.19. The molecule has 0 N–H and O–H groups in total. The van der Waals surface area contributed by atoms with Crippen molar-refractivity contribution in [1.82, 2.24) is 4.98 Å². The summed E-state index contributed by atoms with van der Waals surface area (Å²) in [5.41, 5.74) is 2.97. The lowest BCUT2D eigenvalue weighted by Gasteiger charge is -2.25. The quantitative estimate of drug-likeness (QED) is 0.856. The smallest absolute Gasteiger partial charge is 0.0991 e. The number of aromatic nitrogens is 1. The van der Waals surface area contributed by atoms with Gasteiger partial charge in [0.1, 0.15) is 0 Å². The van der Waals surface area contributed by atoms with Crippen molar-refractivity contribution in [2.75, 3.05) is 10.7 Å². The SMILES string of the molecule is N#Cc1ccc(N(Cc2cccnc2)C2=CCCS2)cc1. The lowest BCUT2D eigenvalue weighted by molar-refractivity contribution is 0.944. The van der Waals surface area contributed by atoms with Crippen LogP contribution in [0.5, 0.6) is 0 Å². The molecular formula is C17H15N3S. The molecule has 0 amide bonds. The van der Waals surface area contributed by atoms with Gasteiger partial charge in [0.2, 0.25) is 0 Å². The van der Waals surface area contributed by atoms with Crippen LogP contribution >= 0.6 is 11.8 Å². The van der Waals surface area contributed by atoms with Crippen LogP contribution in [0.25, 0.3) is 0 Å². The van der Waals surface area contributed by atoms with E-state index in [1.54, 1.807) is 6.20 Å². The fourth-order valence-electron chi connectivity index (χ4n) is 2.28. The largest absolute Gasteiger partial charge is 0.332 e. The van der Waals surface area contributed by atoms with E-state index in [1.165, 1.54) is 10.6 Å². The van der Waals surface area contributed by atoms with Crippen molar-refractivity contribution >= 4 is 17.4 Å². The Morgan fingerprint density at radius 3 is 2.71 bits per heavy atom. The molecule has 0 radical (unpaired) electrons. The Labute approximate surface area is 128 Å². The van der Waals surface area contributed by atoms with Crippen molar-refractivity contribution in [1.29, 1.82) is 5.26 Å². The van der Waals surface area contributed by atoms with Crippen LogP contribution in [0.2, 0.25) is 0 Å². The van der Waals surface area contributed by atoms with Gasteiger partial charge >= 0.3 is 0 Å². The molecule has 4 heteroatoms. The topological polar surface area (TPSA) is 39.9 Å². The Kier molecular flexibility index (Phi) is 4.23. The molecule has 1 aliphatic heterocycles. The highest BCUT2D eigenvalue weighted by atomic mass is 32.2. The fraction of sp³-hybridized carbons (Fsp3) is 0.176. The van der Waals surface area contributed by atoms with Crippen LogP contribution in [0.3, 0.4) is 0 Å². The zero-order chi connectivity index (χ0) is 14.5. The van der Waals surface area contributed by atoms with Crippen LogP contribution in [0.15, 0.2) is 59.9 Å². The van der Waals surface area contributed by atoms with E-state index < -0.39 is 0 Å². The van der Waals surface area contributed by atoms with Crippen LogP contribution in [0.1, 0.15) is 17.5 Å². The van der Waals surface area contributed by atoms with E-state index in [2.05, 4.69) is 28.1 Å². The molecule has 1 aromatic carbocycles. The summed E-state index contributed by atoms with van der Waals surface area (Å²) in [5.74, 6) is 1.13. The lowest BCUT2D eigenvalue weighted by atomic mass is 10.2. The number of rotatable bonds is 4. The zero-order valence-corrected chi connectivity index (χ0v) is 12.4. The number of nitriles is 1. The van der Waals surface area contributed by atoms with Crippen LogP contribution in [0.4, 0.5) is 5.69 Å². The van der Waals surface area contributed by atoms with Gasteiger partial charge in [0.15, 0.2) is 0 Å². The van der Waals surface area contributed by atoms with E-state index in [0.29, 0.717) is 5.56 Å². The molecule has 104 valence electrons. The van der Waals surface area contributed by atoms with E-state index in [0.717, 1.165) is 24.4 Å². The maximum atomic E-state index is 8.93. The highest BCUT2D eigenvalue weighted by Crippen LogP contribution is 2.33. The second kappa shape index (κ2) is 6.47. The average Bonchev–Trinajstić information content (AvgIpc) is 3.08. The first-order valence-electron chi connectivity index (χ1n) is 6.86. The van der Waals surface area contributed by atoms with Crippen molar-refractivity contribution in [3.8, 4) is 6.07 Å². The molecule has 0 atom stereocenters. The molecule has 0 saturated heterocycles. The number of thioether (sulfide) groups is 1. The first kappa shape index (κ1) is 13.7. The van der Waals surface area contributed by atoms with Gasteiger partial charge in [-0.1, -0.05) is 12.1 Å². The Morgan fingerprint density at radius 2 is 2.10 bits per heavy atom. The Bertz CT molecular complexity index is 671. The molecule has 2 heterocycles. The van der Waals surface area contributed by atoms with E-state index in [-0.39, 0.29) is 0 Å². The van der Waals surface area contributed by atoms with Gasteiger partial charge in [-0.3, -0.25) is 4.98 Å². The second-order valence-electron chi connectivity index (χ2n) is 4.79. The third-order valence-corrected chi connectivity index (χ3v) is 4.45. The molecule has 2 aromatic rings. The van der Waals surface area contributed by atoms with Gasteiger partial charge in [-0.2, -0.15) is 5.26 Å². The first-order valence-corrected chi connectivity index (χ1v) is 7.85. The number of anilines is 1. The molecule has 1 aliphatic rings. The van der Waals surface area contributed by atoms with Crippen molar-refractivity contribution < 1.29 is 0 Å². The van der Waals surface area contributed by atoms with Gasteiger partial charge in [0.25, 0.3) is 0 Å².